The van der Waals surface area contributed by atoms with Crippen LogP contribution in [0.25, 0.3) is 0 Å². The van der Waals surface area contributed by atoms with Gasteiger partial charge in [-0.2, -0.15) is 0 Å². The van der Waals surface area contributed by atoms with E-state index in [1.165, 1.54) is 16.8 Å². The Hall–Kier alpha value is -1.80. The lowest BCUT2D eigenvalue weighted by molar-refractivity contribution is -0.588. The van der Waals surface area contributed by atoms with Gasteiger partial charge in [-0.15, -0.1) is 0 Å². The topological polar surface area (TPSA) is 36.8 Å². The van der Waals surface area contributed by atoms with Crippen molar-refractivity contribution in [3.05, 3.63) is 58.7 Å². The maximum absolute atomic E-state index is 10.8. The predicted molar refractivity (Wildman–Crippen MR) is 102 cm³/mol. The molecule has 0 amide bonds. The van der Waals surface area contributed by atoms with Crippen molar-refractivity contribution in [2.24, 2.45) is 0 Å². The molecule has 0 unspecified atom stereocenters. The quantitative estimate of drug-likeness (QED) is 0.623. The van der Waals surface area contributed by atoms with E-state index < -0.39 is 0 Å². The Kier molecular flexibility index (Phi) is 5.10. The molecule has 0 atom stereocenters. The summed E-state index contributed by atoms with van der Waals surface area (Å²) in [5.41, 5.74) is 5.64. The number of aryl methyl sites for hydroxylation is 1. The number of phenolic OH excluding ortho intramolecular Hbond substituents is 1. The van der Waals surface area contributed by atoms with Crippen molar-refractivity contribution in [3.8, 4) is 5.75 Å². The number of benzene rings is 2. The van der Waals surface area contributed by atoms with Gasteiger partial charge in [-0.3, -0.25) is 0 Å². The third kappa shape index (κ3) is 4.39. The molecule has 0 saturated heterocycles. The van der Waals surface area contributed by atoms with E-state index in [9.17, 15) is 5.11 Å². The second-order valence-corrected chi connectivity index (χ2v) is 8.86. The van der Waals surface area contributed by atoms with Crippen molar-refractivity contribution in [1.29, 1.82) is 0 Å². The number of hydrogen-bond acceptors (Lipinski definition) is 1. The monoisotopic (exact) mass is 326 g/mol. The van der Waals surface area contributed by atoms with Crippen LogP contribution in [0.4, 0.5) is 5.69 Å². The van der Waals surface area contributed by atoms with E-state index in [-0.39, 0.29) is 10.8 Å². The molecular weight excluding hydrogens is 294 g/mol. The van der Waals surface area contributed by atoms with Crippen molar-refractivity contribution in [2.75, 3.05) is 0 Å². The first kappa shape index (κ1) is 18.5. The van der Waals surface area contributed by atoms with E-state index in [1.807, 2.05) is 0 Å². The molecule has 0 fully saturated rings. The Morgan fingerprint density at radius 1 is 0.833 bits per heavy atom. The third-order valence-corrected chi connectivity index (χ3v) is 4.44. The third-order valence-electron chi connectivity index (χ3n) is 4.44. The van der Waals surface area contributed by atoms with E-state index in [0.29, 0.717) is 5.75 Å². The average Bonchev–Trinajstić information content (AvgIpc) is 2.45. The van der Waals surface area contributed by atoms with Crippen molar-refractivity contribution >= 4 is 5.69 Å². The molecule has 0 heterocycles. The largest absolute Gasteiger partial charge is 0.507 e. The number of quaternary nitrogens is 1. The Labute approximate surface area is 146 Å². The van der Waals surface area contributed by atoms with E-state index in [4.69, 9.17) is 0 Å². The highest BCUT2D eigenvalue weighted by Gasteiger charge is 2.27. The summed E-state index contributed by atoms with van der Waals surface area (Å²) in [6.07, 6.45) is 0. The van der Waals surface area contributed by atoms with Crippen LogP contribution in [0, 0.1) is 6.92 Å². The predicted octanol–water partition coefficient (Wildman–Crippen LogP) is 4.69. The number of hydrogen-bond donors (Lipinski definition) is 2. The second kappa shape index (κ2) is 6.60. The molecule has 0 spiro atoms. The zero-order valence-corrected chi connectivity index (χ0v) is 16.2. The van der Waals surface area contributed by atoms with Crippen molar-refractivity contribution < 1.29 is 10.4 Å². The fraction of sp³-hybridized carbons (Fsp3) is 0.455. The number of phenols is 1. The van der Waals surface area contributed by atoms with Gasteiger partial charge in [-0.05, 0) is 17.8 Å². The van der Waals surface area contributed by atoms with E-state index >= 15 is 0 Å². The van der Waals surface area contributed by atoms with Crippen LogP contribution < -0.4 is 5.32 Å². The molecule has 2 rings (SSSR count). The molecular formula is C22H32NO+. The Balaban J connectivity index is 2.37. The molecule has 24 heavy (non-hydrogen) atoms. The first-order valence-corrected chi connectivity index (χ1v) is 8.75. The molecule has 0 radical (unpaired) electrons. The van der Waals surface area contributed by atoms with Gasteiger partial charge in [-0.25, -0.2) is 0 Å². The maximum atomic E-state index is 10.8. The summed E-state index contributed by atoms with van der Waals surface area (Å²) in [6.45, 7) is 15.9. The minimum atomic E-state index is -0.0855. The minimum Gasteiger partial charge on any atom is -0.507 e. The summed E-state index contributed by atoms with van der Waals surface area (Å²) in [5.74, 6) is 0.447. The van der Waals surface area contributed by atoms with Gasteiger partial charge in [0.2, 0.25) is 0 Å². The average molecular weight is 327 g/mol. The van der Waals surface area contributed by atoms with Crippen LogP contribution >= 0.6 is 0 Å². The minimum absolute atomic E-state index is 0.0855. The number of aromatic hydroxyl groups is 1. The molecule has 0 saturated carbocycles. The summed E-state index contributed by atoms with van der Waals surface area (Å²) < 4.78 is 0. The summed E-state index contributed by atoms with van der Waals surface area (Å²) in [6, 6.07) is 12.9. The van der Waals surface area contributed by atoms with Crippen LogP contribution in [0.5, 0.6) is 5.75 Å². The molecule has 2 aromatic rings. The molecule has 0 aliphatic rings. The summed E-state index contributed by atoms with van der Waals surface area (Å²) in [7, 11) is 0. The highest BCUT2D eigenvalue weighted by molar-refractivity contribution is 5.54. The van der Waals surface area contributed by atoms with Crippen LogP contribution in [0.1, 0.15) is 63.8 Å². The molecule has 2 heteroatoms. The van der Waals surface area contributed by atoms with Crippen molar-refractivity contribution in [2.45, 2.75) is 65.8 Å². The SMILES string of the molecule is Cc1ccc(C[NH2+]c2cc(C(C)(C)C)c(O)c(C(C)(C)C)c2)cc1. The lowest BCUT2D eigenvalue weighted by Crippen LogP contribution is -2.76. The van der Waals surface area contributed by atoms with Gasteiger partial charge < -0.3 is 10.4 Å². The van der Waals surface area contributed by atoms with Crippen LogP contribution in [-0.4, -0.2) is 5.11 Å². The molecule has 130 valence electrons. The van der Waals surface area contributed by atoms with Crippen molar-refractivity contribution in [1.82, 2.24) is 0 Å². The van der Waals surface area contributed by atoms with Crippen LogP contribution in [0.3, 0.4) is 0 Å². The van der Waals surface area contributed by atoms with Gasteiger partial charge in [0.05, 0.1) is 0 Å². The molecule has 0 aliphatic heterocycles. The van der Waals surface area contributed by atoms with Crippen molar-refractivity contribution in [3.63, 3.8) is 0 Å². The molecule has 2 aromatic carbocycles. The van der Waals surface area contributed by atoms with E-state index in [1.54, 1.807) is 0 Å². The van der Waals surface area contributed by atoms with Crippen LogP contribution in [0.15, 0.2) is 36.4 Å². The Morgan fingerprint density at radius 3 is 1.71 bits per heavy atom. The van der Waals surface area contributed by atoms with Crippen LogP contribution in [-0.2, 0) is 17.4 Å². The lowest BCUT2D eigenvalue weighted by Gasteiger charge is -2.27. The Morgan fingerprint density at radius 2 is 1.29 bits per heavy atom. The first-order chi connectivity index (χ1) is 11.0. The Bertz CT molecular complexity index is 665. The fourth-order valence-corrected chi connectivity index (χ4v) is 2.88. The van der Waals surface area contributed by atoms with E-state index in [2.05, 4.69) is 90.2 Å². The maximum Gasteiger partial charge on any atom is 0.130 e. The smallest absolute Gasteiger partial charge is 0.130 e. The van der Waals surface area contributed by atoms with Gasteiger partial charge >= 0.3 is 0 Å². The lowest BCUT2D eigenvalue weighted by atomic mass is 9.79. The second-order valence-electron chi connectivity index (χ2n) is 8.86. The zero-order chi connectivity index (χ0) is 18.1. The fourth-order valence-electron chi connectivity index (χ4n) is 2.88. The van der Waals surface area contributed by atoms with Gasteiger partial charge in [0, 0.05) is 28.8 Å². The van der Waals surface area contributed by atoms with Gasteiger partial charge in [0.25, 0.3) is 0 Å². The number of nitrogens with two attached hydrogens (primary N) is 1. The molecule has 0 bridgehead atoms. The summed E-state index contributed by atoms with van der Waals surface area (Å²) in [4.78, 5) is 0. The summed E-state index contributed by atoms with van der Waals surface area (Å²) >= 11 is 0. The molecule has 3 N–H and O–H groups in total. The normalized spacial score (nSPS) is 12.5. The standard InChI is InChI=1S/C22H31NO/c1-15-8-10-16(11-9-15)14-23-17-12-18(21(2,3)4)20(24)19(13-17)22(5,6)7/h8-13,23-24H,14H2,1-7H3/p+1. The highest BCUT2D eigenvalue weighted by Crippen LogP contribution is 2.40. The first-order valence-electron chi connectivity index (χ1n) is 8.75. The molecule has 0 aromatic heterocycles. The highest BCUT2D eigenvalue weighted by atomic mass is 16.3. The number of rotatable bonds is 3. The zero-order valence-electron chi connectivity index (χ0n) is 16.2. The van der Waals surface area contributed by atoms with Gasteiger partial charge in [-0.1, -0.05) is 71.4 Å². The molecule has 0 aliphatic carbocycles. The van der Waals surface area contributed by atoms with Crippen LogP contribution in [0.2, 0.25) is 0 Å². The molecule has 2 nitrogen and oxygen atoms in total. The summed E-state index contributed by atoms with van der Waals surface area (Å²) in [5, 5.41) is 13.0. The van der Waals surface area contributed by atoms with E-state index in [0.717, 1.165) is 17.7 Å². The van der Waals surface area contributed by atoms with Gasteiger partial charge in [0.1, 0.15) is 18.0 Å². The van der Waals surface area contributed by atoms with Gasteiger partial charge in [0.15, 0.2) is 0 Å².